The van der Waals surface area contributed by atoms with Gasteiger partial charge in [-0.1, -0.05) is 362 Å². The molecule has 2 aliphatic rings. The maximum atomic E-state index is 8.92. The van der Waals surface area contributed by atoms with Crippen molar-refractivity contribution >= 4 is 0 Å². The zero-order valence-electron chi connectivity index (χ0n) is 82.5. The van der Waals surface area contributed by atoms with Gasteiger partial charge in [-0.2, -0.15) is 0 Å². The van der Waals surface area contributed by atoms with E-state index in [-0.39, 0.29) is 12.0 Å². The van der Waals surface area contributed by atoms with Crippen LogP contribution in [0.5, 0.6) is 5.75 Å². The van der Waals surface area contributed by atoms with Gasteiger partial charge in [0.15, 0.2) is 0 Å². The molecule has 0 saturated carbocycles. The maximum Gasteiger partial charge on any atom is 0.118 e. The Labute approximate surface area is 740 Å². The first kappa shape index (κ1) is 135. The molecule has 10 rings (SSSR count). The van der Waals surface area contributed by atoms with Crippen LogP contribution in [0, 0.1) is 38.5 Å². The van der Waals surface area contributed by atoms with E-state index in [4.69, 9.17) is 77.6 Å². The molecule has 8 aromatic carbocycles. The normalized spacial score (nSPS) is 14.0. The summed E-state index contributed by atoms with van der Waals surface area (Å²) in [4.78, 5) is 3.25. The molecule has 14 N–H and O–H groups in total. The van der Waals surface area contributed by atoms with Crippen molar-refractivity contribution in [3.05, 3.63) is 277 Å². The average Bonchev–Trinajstić information content (AvgIpc) is 1.76. The van der Waals surface area contributed by atoms with Crippen LogP contribution in [-0.2, 0) is 42.6 Å². The van der Waals surface area contributed by atoms with Crippen molar-refractivity contribution in [3.63, 3.8) is 0 Å². The molecule has 0 heterocycles. The number of hydrogen-bond acceptors (Lipinski definition) is 16. The Morgan fingerprint density at radius 3 is 0.975 bits per heavy atom. The molecule has 0 fully saturated rings. The van der Waals surface area contributed by atoms with Gasteiger partial charge >= 0.3 is 0 Å². The first-order chi connectivity index (χ1) is 58.1. The first-order valence-corrected chi connectivity index (χ1v) is 43.7. The summed E-state index contributed by atoms with van der Waals surface area (Å²) in [7, 11) is 6.87. The minimum Gasteiger partial charge on any atom is -0.497 e. The predicted octanol–water partition coefficient (Wildman–Crippen LogP) is 29.2. The van der Waals surface area contributed by atoms with Crippen molar-refractivity contribution in [2.45, 2.75) is 318 Å². The molecule has 0 radical (unpaired) electrons. The molecule has 698 valence electrons. The second-order valence-corrected chi connectivity index (χ2v) is 29.7. The van der Waals surface area contributed by atoms with Crippen LogP contribution in [0.1, 0.15) is 349 Å². The first-order valence-electron chi connectivity index (χ1n) is 43.7. The summed E-state index contributed by atoms with van der Waals surface area (Å²) in [5.41, 5.74) is 23.2. The second-order valence-electron chi connectivity index (χ2n) is 29.7. The summed E-state index contributed by atoms with van der Waals surface area (Å²) in [6, 6.07) is 67.6. The number of hydrogen-bond donors (Lipinski definition) is 14. The highest BCUT2D eigenvalue weighted by Gasteiger charge is 2.25. The van der Waals surface area contributed by atoms with E-state index in [0.717, 1.165) is 76.3 Å². The number of aryl methyl sites for hydroxylation is 4. The fraction of sp³-hybridized carbons (Fsp3) is 0.543. The van der Waals surface area contributed by atoms with Crippen LogP contribution in [0.15, 0.2) is 188 Å². The molecule has 8 aromatic rings. The standard InChI is InChI=1S/C14H22.C12H16.2C12H18.2C11H16O.C11H14.C11H16.3C2H6.CH4O2.4CH4O.4H2O2/c1-6-11(2)12-8-7-9-13(10-12)14(3,4)5;1-9-7-11-5-3-4-6-12(11)8-10(9)2;1-5-9(2)12-7-6-10(3)11(4)8-12;1-4-10(3)12-8-6-7-11(5-2)9-12;1-4-9(2)10-5-7-11(12-3)8-6-10;1-3-9(2)11-6-4-5-10(7-11)8-12;1-8-7-10-5-3-4-6-11(10)9(8)2;1-4-10(3)11-7-5-9(2)6-8-11;3*1-2;1-3-2;8*1-2/h7-11H,6H2,1-5H3;3-6,9-10H,7-8H2,1-2H3;6-9H,5H2,1-4H3;6-10H,4-5H2,1-3H3;5-9H,4H2,1-3H3;4-7,9,12H,3,8H2,1-2H3;3-6,8-9H,7H2,1-2H3;5-8,10H,4H2,1-3H3;3*1-2H3;2H,1H3;4*2H,1H3;4*1-2H. The minimum absolute atomic E-state index is 0.143. The number of aliphatic hydroxyl groups excluding tert-OH is 5. The number of aliphatic hydroxyl groups is 5. The number of fused-ring (bicyclic) bond motifs is 2. The van der Waals surface area contributed by atoms with E-state index >= 15 is 0 Å². The maximum absolute atomic E-state index is 8.92. The fourth-order valence-corrected chi connectivity index (χ4v) is 11.8. The van der Waals surface area contributed by atoms with Gasteiger partial charge in [-0.25, -0.2) is 4.89 Å². The molecule has 0 amide bonds. The molecule has 121 heavy (non-hydrogen) atoms. The molecule has 0 aliphatic heterocycles. The van der Waals surface area contributed by atoms with Crippen LogP contribution >= 0.6 is 0 Å². The molecular formula is C105H182O16. The minimum atomic E-state index is 0.143. The molecule has 10 atom stereocenters. The Morgan fingerprint density at radius 2 is 0.645 bits per heavy atom. The summed E-state index contributed by atoms with van der Waals surface area (Å²) in [5.74, 6) is 8.29. The number of ether oxygens (including phenoxy) is 1. The number of rotatable bonds is 15. The largest absolute Gasteiger partial charge is 0.497 e. The topological polar surface area (TPSA) is 302 Å². The van der Waals surface area contributed by atoms with E-state index in [0.29, 0.717) is 35.5 Å². The summed E-state index contributed by atoms with van der Waals surface area (Å²) in [6.07, 6.45) is 12.2. The van der Waals surface area contributed by atoms with E-state index in [1.807, 2.05) is 65.8 Å². The molecule has 0 aromatic heterocycles. The Bertz CT molecular complexity index is 3350. The quantitative estimate of drug-likeness (QED) is 0.0335. The molecule has 0 saturated heterocycles. The van der Waals surface area contributed by atoms with Gasteiger partial charge in [0.2, 0.25) is 0 Å². The third-order valence-electron chi connectivity index (χ3n) is 21.2. The van der Waals surface area contributed by atoms with Gasteiger partial charge in [-0.05, 0) is 245 Å². The number of methoxy groups -OCH3 is 1. The SMILES string of the molecule is CC.CC.CC.CC1Cc2ccccc2C1C.CC1Cc2ccccc2CC1C.CCC(C)c1ccc(C)c(C)c1.CCC(C)c1ccc(C)cc1.CCC(C)c1ccc(OC)cc1.CCC(C)c1cccc(C(C)(C)C)c1.CCC(C)c1cccc(CO)c1.CCc1cccc(C(C)CC)c1.CO.CO.CO.CO.COO.OO.OO.OO.OO. The summed E-state index contributed by atoms with van der Waals surface area (Å²) in [6.45, 7) is 63.9. The second kappa shape index (κ2) is 92.1. The van der Waals surface area contributed by atoms with Gasteiger partial charge in [-0.3, -0.25) is 47.3 Å². The van der Waals surface area contributed by atoms with E-state index in [1.54, 1.807) is 29.4 Å². The van der Waals surface area contributed by atoms with Crippen molar-refractivity contribution in [1.82, 2.24) is 0 Å². The van der Waals surface area contributed by atoms with Gasteiger partial charge in [0.25, 0.3) is 0 Å². The molecule has 2 aliphatic carbocycles. The van der Waals surface area contributed by atoms with Crippen molar-refractivity contribution in [2.24, 2.45) is 17.8 Å². The van der Waals surface area contributed by atoms with E-state index in [2.05, 4.69) is 328 Å². The Hall–Kier alpha value is -7.04. The van der Waals surface area contributed by atoms with Gasteiger partial charge in [0, 0.05) is 28.4 Å². The van der Waals surface area contributed by atoms with Crippen molar-refractivity contribution in [3.8, 4) is 5.75 Å². The zero-order chi connectivity index (χ0) is 96.2. The molecular weight excluding hydrogens is 1520 g/mol. The Balaban J connectivity index is -0.000000140. The van der Waals surface area contributed by atoms with E-state index in [9.17, 15) is 0 Å². The molecule has 10 unspecified atom stereocenters. The van der Waals surface area contributed by atoms with Gasteiger partial charge in [0.05, 0.1) is 20.8 Å². The van der Waals surface area contributed by atoms with Gasteiger partial charge in [-0.15, -0.1) is 0 Å². The van der Waals surface area contributed by atoms with Crippen LogP contribution in [0.4, 0.5) is 0 Å². The van der Waals surface area contributed by atoms with Crippen molar-refractivity contribution in [2.75, 3.05) is 42.7 Å². The van der Waals surface area contributed by atoms with Gasteiger partial charge < -0.3 is 30.3 Å². The third-order valence-corrected chi connectivity index (χ3v) is 21.2. The summed E-state index contributed by atoms with van der Waals surface area (Å²) >= 11 is 0. The molecule has 0 bridgehead atoms. The van der Waals surface area contributed by atoms with Gasteiger partial charge in [0.1, 0.15) is 5.75 Å². The highest BCUT2D eigenvalue weighted by Crippen LogP contribution is 2.37. The highest BCUT2D eigenvalue weighted by atomic mass is 17.1. The molecule has 16 nitrogen and oxygen atoms in total. The lowest BCUT2D eigenvalue weighted by atomic mass is 9.78. The lowest BCUT2D eigenvalue weighted by molar-refractivity contribution is -0.214. The monoisotopic (exact) mass is 1700 g/mol. The summed E-state index contributed by atoms with van der Waals surface area (Å²) < 4.78 is 5.08. The van der Waals surface area contributed by atoms with E-state index < -0.39 is 0 Å². The zero-order valence-corrected chi connectivity index (χ0v) is 82.5. The van der Waals surface area contributed by atoms with Crippen molar-refractivity contribution < 1.29 is 82.5 Å². The van der Waals surface area contributed by atoms with E-state index in [1.165, 1.54) is 120 Å². The lowest BCUT2D eigenvalue weighted by Gasteiger charge is -2.27. The summed E-state index contributed by atoms with van der Waals surface area (Å²) in [5, 5.41) is 92.0. The average molecular weight is 1700 g/mol. The molecule has 0 spiro atoms. The predicted molar refractivity (Wildman–Crippen MR) is 523 cm³/mol. The Morgan fingerprint density at radius 1 is 0.347 bits per heavy atom. The Kier molecular flexibility index (Phi) is 102. The highest BCUT2D eigenvalue weighted by molar-refractivity contribution is 5.37. The van der Waals surface area contributed by atoms with Crippen molar-refractivity contribution in [1.29, 1.82) is 0 Å². The third kappa shape index (κ3) is 61.8. The fourth-order valence-electron chi connectivity index (χ4n) is 11.8. The molecule has 16 heteroatoms. The number of benzene rings is 8. The van der Waals surface area contributed by atoms with Crippen LogP contribution in [0.2, 0.25) is 0 Å². The lowest BCUT2D eigenvalue weighted by Crippen LogP contribution is -2.20. The van der Waals surface area contributed by atoms with Crippen LogP contribution < -0.4 is 4.74 Å². The smallest absolute Gasteiger partial charge is 0.118 e. The van der Waals surface area contributed by atoms with Crippen LogP contribution in [-0.4, -0.2) is 116 Å². The van der Waals surface area contributed by atoms with Crippen LogP contribution in [0.3, 0.4) is 0 Å². The van der Waals surface area contributed by atoms with Crippen LogP contribution in [0.25, 0.3) is 0 Å².